The molecule has 0 aromatic rings. The molecule has 0 bridgehead atoms. The molecule has 0 saturated carbocycles. The maximum Gasteiger partial charge on any atom is 0.190 e. The summed E-state index contributed by atoms with van der Waals surface area (Å²) in [7, 11) is 0. The van der Waals surface area contributed by atoms with Gasteiger partial charge in [-0.2, -0.15) is 0 Å². The summed E-state index contributed by atoms with van der Waals surface area (Å²) in [5.41, 5.74) is 0. The highest BCUT2D eigenvalue weighted by Gasteiger charge is 2.60. The predicted octanol–water partition coefficient (Wildman–Crippen LogP) is 3.01. The van der Waals surface area contributed by atoms with Crippen LogP contribution in [0, 0.1) is 0 Å². The van der Waals surface area contributed by atoms with Gasteiger partial charge in [0.05, 0.1) is 3.39 Å². The molecule has 0 unspecified atom stereocenters. The third kappa shape index (κ3) is 2.86. The van der Waals surface area contributed by atoms with Gasteiger partial charge in [0.2, 0.25) is 0 Å². The number of ether oxygens (including phenoxy) is 5. The summed E-state index contributed by atoms with van der Waals surface area (Å²) >= 11 is 6.72. The van der Waals surface area contributed by atoms with Crippen molar-refractivity contribution in [3.8, 4) is 0 Å². The Morgan fingerprint density at radius 3 is 2.05 bits per heavy atom. The van der Waals surface area contributed by atoms with Crippen LogP contribution >= 0.6 is 31.9 Å². The molecule has 0 aromatic carbocycles. The van der Waals surface area contributed by atoms with Crippen molar-refractivity contribution in [2.75, 3.05) is 0 Å². The fourth-order valence-electron chi connectivity index (χ4n) is 2.90. The molecule has 0 aliphatic carbocycles. The molecule has 7 heteroatoms. The van der Waals surface area contributed by atoms with Crippen LogP contribution in [-0.4, -0.2) is 42.3 Å². The molecule has 0 N–H and O–H groups in total. The van der Waals surface area contributed by atoms with E-state index in [9.17, 15) is 0 Å². The van der Waals surface area contributed by atoms with Crippen molar-refractivity contribution in [3.63, 3.8) is 0 Å². The maximum absolute atomic E-state index is 6.00. The molecule has 5 atom stereocenters. The van der Waals surface area contributed by atoms with E-state index in [0.29, 0.717) is 0 Å². The molecule has 20 heavy (non-hydrogen) atoms. The molecule has 3 aliphatic rings. The van der Waals surface area contributed by atoms with E-state index in [0.717, 1.165) is 3.39 Å². The van der Waals surface area contributed by atoms with Crippen LogP contribution in [0.4, 0.5) is 0 Å². The van der Waals surface area contributed by atoms with E-state index in [-0.39, 0.29) is 24.4 Å². The van der Waals surface area contributed by atoms with Crippen molar-refractivity contribution < 1.29 is 23.7 Å². The second kappa shape index (κ2) is 5.01. The quantitative estimate of drug-likeness (QED) is 0.661. The van der Waals surface area contributed by atoms with Gasteiger partial charge >= 0.3 is 0 Å². The van der Waals surface area contributed by atoms with Crippen LogP contribution in [0.5, 0.6) is 0 Å². The van der Waals surface area contributed by atoms with Crippen molar-refractivity contribution in [1.82, 2.24) is 0 Å². The summed E-state index contributed by atoms with van der Waals surface area (Å²) in [5, 5.41) is 0. The molecule has 5 nitrogen and oxygen atoms in total. The average Bonchev–Trinajstić information content (AvgIpc) is 2.73. The van der Waals surface area contributed by atoms with Crippen LogP contribution in [0.15, 0.2) is 9.47 Å². The number of halogens is 2. The van der Waals surface area contributed by atoms with Crippen molar-refractivity contribution in [3.05, 3.63) is 9.47 Å². The Kier molecular flexibility index (Phi) is 3.86. The Morgan fingerprint density at radius 2 is 1.40 bits per heavy atom. The van der Waals surface area contributed by atoms with Gasteiger partial charge in [-0.3, -0.25) is 0 Å². The van der Waals surface area contributed by atoms with Crippen molar-refractivity contribution in [2.24, 2.45) is 0 Å². The van der Waals surface area contributed by atoms with Crippen LogP contribution in [0.3, 0.4) is 0 Å². The smallest absolute Gasteiger partial charge is 0.190 e. The summed E-state index contributed by atoms with van der Waals surface area (Å²) in [6.45, 7) is 7.53. The molecule has 3 saturated heterocycles. The van der Waals surface area contributed by atoms with Crippen molar-refractivity contribution in [2.45, 2.75) is 70.0 Å². The molecule has 0 amide bonds. The molecule has 3 aliphatic heterocycles. The van der Waals surface area contributed by atoms with E-state index in [1.54, 1.807) is 0 Å². The monoisotopic (exact) mass is 412 g/mol. The minimum atomic E-state index is -0.680. The Hall–Kier alpha value is 0.500. The van der Waals surface area contributed by atoms with Crippen molar-refractivity contribution >= 4 is 31.9 Å². The maximum atomic E-state index is 6.00. The van der Waals surface area contributed by atoms with Crippen LogP contribution in [-0.2, 0) is 23.7 Å². The largest absolute Gasteiger partial charge is 0.342 e. The van der Waals surface area contributed by atoms with Crippen molar-refractivity contribution in [1.29, 1.82) is 0 Å². The van der Waals surface area contributed by atoms with Gasteiger partial charge in [-0.25, -0.2) is 0 Å². The molecule has 0 radical (unpaired) electrons. The predicted molar refractivity (Wildman–Crippen MR) is 78.5 cm³/mol. The highest BCUT2D eigenvalue weighted by molar-refractivity contribution is 9.28. The lowest BCUT2D eigenvalue weighted by Gasteiger charge is -2.36. The first-order chi connectivity index (χ1) is 9.17. The standard InChI is InChI=1S/C13H18Br2O5/c1-12(2)17-8-6(5-7(14)15)16-11-10(9(8)18-12)19-13(3,4)20-11/h5-6,8-11H,1-4H3/t6-,8+,9+,10-,11-/m0/s1. The number of fused-ring (bicyclic) bond motifs is 3. The normalized spacial score (nSPS) is 44.8. The number of hydrogen-bond donors (Lipinski definition) is 0. The zero-order valence-corrected chi connectivity index (χ0v) is 14.9. The molecule has 114 valence electrons. The van der Waals surface area contributed by atoms with Gasteiger partial charge in [0.1, 0.15) is 24.4 Å². The first kappa shape index (κ1) is 15.4. The number of hydrogen-bond acceptors (Lipinski definition) is 5. The first-order valence-electron chi connectivity index (χ1n) is 6.56. The lowest BCUT2D eigenvalue weighted by Crippen LogP contribution is -2.54. The van der Waals surface area contributed by atoms with Crippen LogP contribution in [0.2, 0.25) is 0 Å². The van der Waals surface area contributed by atoms with Gasteiger partial charge in [0.25, 0.3) is 0 Å². The fourth-order valence-corrected chi connectivity index (χ4v) is 3.42. The first-order valence-corrected chi connectivity index (χ1v) is 8.15. The second-order valence-corrected chi connectivity index (χ2v) is 8.86. The van der Waals surface area contributed by atoms with Crippen LogP contribution in [0.1, 0.15) is 27.7 Å². The molecular weight excluding hydrogens is 396 g/mol. The summed E-state index contributed by atoms with van der Waals surface area (Å²) in [6, 6.07) is 0. The topological polar surface area (TPSA) is 46.2 Å². The number of rotatable bonds is 1. The highest BCUT2D eigenvalue weighted by Crippen LogP contribution is 2.44. The van der Waals surface area contributed by atoms with E-state index < -0.39 is 17.9 Å². The summed E-state index contributed by atoms with van der Waals surface area (Å²) in [4.78, 5) is 0. The third-order valence-electron chi connectivity index (χ3n) is 3.48. The highest BCUT2D eigenvalue weighted by atomic mass is 79.9. The molecule has 3 fully saturated rings. The summed E-state index contributed by atoms with van der Waals surface area (Å²) in [5.74, 6) is -1.34. The van der Waals surface area contributed by atoms with Gasteiger partial charge in [0.15, 0.2) is 17.9 Å². The van der Waals surface area contributed by atoms with Gasteiger partial charge in [-0.1, -0.05) is 0 Å². The van der Waals surface area contributed by atoms with E-state index in [2.05, 4.69) is 31.9 Å². The minimum absolute atomic E-state index is 0.217. The lowest BCUT2D eigenvalue weighted by atomic mass is 9.99. The minimum Gasteiger partial charge on any atom is -0.342 e. The SMILES string of the molecule is CC1(C)O[C@@H]2O[C@@H](C=C(Br)Br)[C@H]3OC(C)(C)O[C@H]3[C@@H]2O1. The van der Waals surface area contributed by atoms with E-state index in [1.165, 1.54) is 0 Å². The Morgan fingerprint density at radius 1 is 0.850 bits per heavy atom. The fraction of sp³-hybridized carbons (Fsp3) is 0.846. The molecular formula is C13H18Br2O5. The molecule has 3 rings (SSSR count). The summed E-state index contributed by atoms with van der Waals surface area (Å²) < 4.78 is 30.5. The second-order valence-electron chi connectivity index (χ2n) is 6.09. The van der Waals surface area contributed by atoms with E-state index in [1.807, 2.05) is 33.8 Å². The average molecular weight is 414 g/mol. The van der Waals surface area contributed by atoms with Crippen LogP contribution < -0.4 is 0 Å². The van der Waals surface area contributed by atoms with E-state index >= 15 is 0 Å². The third-order valence-corrected chi connectivity index (χ3v) is 4.01. The molecule has 0 aromatic heterocycles. The zero-order valence-electron chi connectivity index (χ0n) is 11.8. The Balaban J connectivity index is 1.90. The summed E-state index contributed by atoms with van der Waals surface area (Å²) in [6.07, 6.45) is 0.446. The van der Waals surface area contributed by atoms with Crippen LogP contribution in [0.25, 0.3) is 0 Å². The Labute approximate surface area is 135 Å². The zero-order chi connectivity index (χ0) is 14.7. The van der Waals surface area contributed by atoms with Gasteiger partial charge in [-0.15, -0.1) is 0 Å². The van der Waals surface area contributed by atoms with Gasteiger partial charge in [0, 0.05) is 0 Å². The van der Waals surface area contributed by atoms with E-state index in [4.69, 9.17) is 23.7 Å². The van der Waals surface area contributed by atoms with Gasteiger partial charge < -0.3 is 23.7 Å². The Bertz CT molecular complexity index is 432. The molecule has 0 spiro atoms. The van der Waals surface area contributed by atoms with Gasteiger partial charge in [-0.05, 0) is 65.6 Å². The lowest BCUT2D eigenvalue weighted by molar-refractivity contribution is -0.222. The molecule has 3 heterocycles.